The zero-order valence-corrected chi connectivity index (χ0v) is 16.6. The van der Waals surface area contributed by atoms with E-state index in [1.807, 2.05) is 6.08 Å². The molecular formula is C22H36O3. The maximum atomic E-state index is 11.4. The number of carbonyl (C=O) groups excluding carboxylic acids is 1. The normalized spacial score (nSPS) is 36.0. The topological polar surface area (TPSA) is 46.5 Å². The summed E-state index contributed by atoms with van der Waals surface area (Å²) >= 11 is 0. The SMILES string of the molecule is C=C1CC[C@H]2[C@@](C)(COC(C)=O)CCC[C@]2(C)[C@H]1CC/C(C)=C/CO. The molecule has 0 heterocycles. The van der Waals surface area contributed by atoms with Gasteiger partial charge in [-0.1, -0.05) is 44.1 Å². The predicted octanol–water partition coefficient (Wildman–Crippen LogP) is 5.05. The second-order valence-electron chi connectivity index (χ2n) is 8.87. The van der Waals surface area contributed by atoms with Crippen LogP contribution in [0.5, 0.6) is 0 Å². The third kappa shape index (κ3) is 4.36. The largest absolute Gasteiger partial charge is 0.465 e. The molecule has 3 heteroatoms. The highest BCUT2D eigenvalue weighted by Crippen LogP contribution is 2.62. The van der Waals surface area contributed by atoms with E-state index in [9.17, 15) is 4.79 Å². The van der Waals surface area contributed by atoms with Crippen LogP contribution in [0.15, 0.2) is 23.8 Å². The van der Waals surface area contributed by atoms with E-state index in [1.165, 1.54) is 30.9 Å². The Labute approximate surface area is 153 Å². The summed E-state index contributed by atoms with van der Waals surface area (Å²) in [5.41, 5.74) is 2.97. The van der Waals surface area contributed by atoms with Crippen molar-refractivity contribution < 1.29 is 14.6 Å². The number of allylic oxidation sites excluding steroid dienone is 2. The summed E-state index contributed by atoms with van der Waals surface area (Å²) in [6, 6.07) is 0. The number of ether oxygens (including phenoxy) is 1. The molecule has 0 aromatic heterocycles. The van der Waals surface area contributed by atoms with Crippen molar-refractivity contribution in [3.8, 4) is 0 Å². The van der Waals surface area contributed by atoms with Crippen LogP contribution < -0.4 is 0 Å². The molecule has 0 amide bonds. The average Bonchev–Trinajstić information content (AvgIpc) is 2.52. The third-order valence-electron chi connectivity index (χ3n) is 7.02. The number of aliphatic hydroxyl groups is 1. The van der Waals surface area contributed by atoms with Crippen molar-refractivity contribution in [3.05, 3.63) is 23.8 Å². The molecule has 0 aromatic carbocycles. The minimum absolute atomic E-state index is 0.0770. The van der Waals surface area contributed by atoms with Crippen molar-refractivity contribution in [2.75, 3.05) is 13.2 Å². The lowest BCUT2D eigenvalue weighted by molar-refractivity contribution is -0.152. The maximum absolute atomic E-state index is 11.4. The highest BCUT2D eigenvalue weighted by molar-refractivity contribution is 5.65. The summed E-state index contributed by atoms with van der Waals surface area (Å²) < 4.78 is 5.47. The van der Waals surface area contributed by atoms with Crippen molar-refractivity contribution >= 4 is 5.97 Å². The van der Waals surface area contributed by atoms with Gasteiger partial charge in [-0.15, -0.1) is 0 Å². The van der Waals surface area contributed by atoms with E-state index in [2.05, 4.69) is 27.4 Å². The van der Waals surface area contributed by atoms with E-state index in [1.54, 1.807) is 0 Å². The molecule has 2 saturated carbocycles. The van der Waals surface area contributed by atoms with Crippen LogP contribution in [0.25, 0.3) is 0 Å². The van der Waals surface area contributed by atoms with Crippen molar-refractivity contribution in [2.24, 2.45) is 22.7 Å². The fraction of sp³-hybridized carbons (Fsp3) is 0.773. The molecule has 0 spiro atoms. The lowest BCUT2D eigenvalue weighted by atomic mass is 9.47. The summed E-state index contributed by atoms with van der Waals surface area (Å²) in [5.74, 6) is 0.922. The van der Waals surface area contributed by atoms with Crippen LogP contribution in [0, 0.1) is 22.7 Å². The van der Waals surface area contributed by atoms with Crippen LogP contribution in [-0.4, -0.2) is 24.3 Å². The minimum Gasteiger partial charge on any atom is -0.465 e. The molecule has 0 saturated heterocycles. The van der Waals surface area contributed by atoms with Gasteiger partial charge in [0, 0.05) is 12.3 Å². The Morgan fingerprint density at radius 3 is 2.72 bits per heavy atom. The fourth-order valence-corrected chi connectivity index (χ4v) is 5.69. The van der Waals surface area contributed by atoms with Crippen LogP contribution in [0.2, 0.25) is 0 Å². The Balaban J connectivity index is 2.20. The van der Waals surface area contributed by atoms with Gasteiger partial charge in [0.05, 0.1) is 13.2 Å². The number of hydrogen-bond donors (Lipinski definition) is 1. The molecule has 2 fully saturated rings. The van der Waals surface area contributed by atoms with Gasteiger partial charge < -0.3 is 9.84 Å². The predicted molar refractivity (Wildman–Crippen MR) is 102 cm³/mol. The fourth-order valence-electron chi connectivity index (χ4n) is 5.69. The molecule has 3 nitrogen and oxygen atoms in total. The molecule has 0 bridgehead atoms. The molecule has 2 aliphatic rings. The van der Waals surface area contributed by atoms with Crippen LogP contribution in [0.4, 0.5) is 0 Å². The Kier molecular flexibility index (Phi) is 6.53. The van der Waals surface area contributed by atoms with Crippen molar-refractivity contribution in [3.63, 3.8) is 0 Å². The molecule has 4 atom stereocenters. The summed E-state index contributed by atoms with van der Waals surface area (Å²) in [5, 5.41) is 9.10. The number of fused-ring (bicyclic) bond motifs is 1. The second-order valence-corrected chi connectivity index (χ2v) is 8.87. The summed E-state index contributed by atoms with van der Waals surface area (Å²) in [7, 11) is 0. The van der Waals surface area contributed by atoms with Gasteiger partial charge in [-0.2, -0.15) is 0 Å². The van der Waals surface area contributed by atoms with Crippen molar-refractivity contribution in [1.29, 1.82) is 0 Å². The molecule has 142 valence electrons. The minimum atomic E-state index is -0.171. The second kappa shape index (κ2) is 8.07. The first kappa shape index (κ1) is 20.2. The zero-order chi connectivity index (χ0) is 18.7. The highest BCUT2D eigenvalue weighted by Gasteiger charge is 2.54. The van der Waals surface area contributed by atoms with Crippen LogP contribution in [-0.2, 0) is 9.53 Å². The Morgan fingerprint density at radius 1 is 1.36 bits per heavy atom. The van der Waals surface area contributed by atoms with Crippen LogP contribution in [0.3, 0.4) is 0 Å². The molecule has 1 N–H and O–H groups in total. The number of hydrogen-bond acceptors (Lipinski definition) is 3. The zero-order valence-electron chi connectivity index (χ0n) is 16.6. The molecule has 0 unspecified atom stereocenters. The first-order chi connectivity index (χ1) is 11.7. The number of carbonyl (C=O) groups is 1. The lowest BCUT2D eigenvalue weighted by Gasteiger charge is -2.58. The van der Waals surface area contributed by atoms with Gasteiger partial charge in [-0.3, -0.25) is 4.79 Å². The van der Waals surface area contributed by atoms with E-state index in [4.69, 9.17) is 9.84 Å². The van der Waals surface area contributed by atoms with E-state index in [-0.39, 0.29) is 23.4 Å². The first-order valence-corrected chi connectivity index (χ1v) is 9.80. The van der Waals surface area contributed by atoms with E-state index in [0.717, 1.165) is 32.1 Å². The monoisotopic (exact) mass is 348 g/mol. The maximum Gasteiger partial charge on any atom is 0.302 e. The number of esters is 1. The number of aliphatic hydroxyl groups excluding tert-OH is 1. The van der Waals surface area contributed by atoms with Crippen molar-refractivity contribution in [2.45, 2.75) is 72.6 Å². The molecular weight excluding hydrogens is 312 g/mol. The summed E-state index contributed by atoms with van der Waals surface area (Å²) in [6.45, 7) is 13.5. The molecule has 0 aliphatic heterocycles. The summed E-state index contributed by atoms with van der Waals surface area (Å²) in [6.07, 6.45) is 9.86. The van der Waals surface area contributed by atoms with Crippen LogP contribution in [0.1, 0.15) is 72.6 Å². The Hall–Kier alpha value is -1.09. The van der Waals surface area contributed by atoms with Gasteiger partial charge in [0.15, 0.2) is 0 Å². The van der Waals surface area contributed by atoms with E-state index < -0.39 is 0 Å². The average molecular weight is 349 g/mol. The lowest BCUT2D eigenvalue weighted by Crippen LogP contribution is -2.52. The van der Waals surface area contributed by atoms with Gasteiger partial charge in [0.2, 0.25) is 0 Å². The molecule has 2 aliphatic carbocycles. The van der Waals surface area contributed by atoms with Gasteiger partial charge >= 0.3 is 5.97 Å². The third-order valence-corrected chi connectivity index (χ3v) is 7.02. The highest BCUT2D eigenvalue weighted by atomic mass is 16.5. The van der Waals surface area contributed by atoms with Gasteiger partial charge in [-0.05, 0) is 62.7 Å². The number of rotatable bonds is 6. The quantitative estimate of drug-likeness (QED) is 0.540. The molecule has 0 aromatic rings. The standard InChI is InChI=1S/C22H36O3/c1-16(11-14-23)7-9-19-17(2)8-10-20-21(4,15-25-18(3)24)12-6-13-22(19,20)5/h11,19-20,23H,2,6-10,12-15H2,1,3-5H3/b16-11+/t19-,20-,21+,22+/m0/s1. The van der Waals surface area contributed by atoms with Crippen molar-refractivity contribution in [1.82, 2.24) is 0 Å². The van der Waals surface area contributed by atoms with Gasteiger partial charge in [0.25, 0.3) is 0 Å². The van der Waals surface area contributed by atoms with Gasteiger partial charge in [-0.25, -0.2) is 0 Å². The van der Waals surface area contributed by atoms with Crippen LogP contribution >= 0.6 is 0 Å². The van der Waals surface area contributed by atoms with Gasteiger partial charge in [0.1, 0.15) is 0 Å². The molecule has 25 heavy (non-hydrogen) atoms. The molecule has 2 rings (SSSR count). The summed E-state index contributed by atoms with van der Waals surface area (Å²) in [4.78, 5) is 11.4. The van der Waals surface area contributed by atoms with E-state index in [0.29, 0.717) is 18.4 Å². The Bertz CT molecular complexity index is 535. The smallest absolute Gasteiger partial charge is 0.302 e. The molecule has 0 radical (unpaired) electrons. The first-order valence-electron chi connectivity index (χ1n) is 9.80. The van der Waals surface area contributed by atoms with E-state index >= 15 is 0 Å². The Morgan fingerprint density at radius 2 is 2.08 bits per heavy atom.